The second-order valence-corrected chi connectivity index (χ2v) is 13.1. The van der Waals surface area contributed by atoms with Crippen LogP contribution in [0.25, 0.3) is 0 Å². The van der Waals surface area contributed by atoms with Crippen LogP contribution >= 0.6 is 24.4 Å². The highest BCUT2D eigenvalue weighted by Gasteiger charge is 2.34. The fourth-order valence-corrected chi connectivity index (χ4v) is 4.79. The molecule has 0 spiro atoms. The van der Waals surface area contributed by atoms with E-state index < -0.39 is 90.1 Å². The van der Waals surface area contributed by atoms with E-state index in [0.717, 1.165) is 0 Å². The Morgan fingerprint density at radius 2 is 1.20 bits per heavy atom. The van der Waals surface area contributed by atoms with Crippen LogP contribution in [0.15, 0.2) is 0 Å². The van der Waals surface area contributed by atoms with Crippen LogP contribution in [0.5, 0.6) is 0 Å². The van der Waals surface area contributed by atoms with Gasteiger partial charge in [-0.05, 0) is 42.6 Å². The number of rotatable bonds is 22. The lowest BCUT2D eigenvalue weighted by molar-refractivity contribution is -0.143. The van der Waals surface area contributed by atoms with Gasteiger partial charge in [-0.3, -0.25) is 28.8 Å². The summed E-state index contributed by atoms with van der Waals surface area (Å²) >= 11 is 5.61. The molecule has 0 unspecified atom stereocenters. The van der Waals surface area contributed by atoms with Crippen LogP contribution in [-0.2, 0) is 33.6 Å². The van der Waals surface area contributed by atoms with Crippen molar-refractivity contribution >= 4 is 65.9 Å². The lowest BCUT2D eigenvalue weighted by atomic mass is 9.97. The van der Waals surface area contributed by atoms with Crippen molar-refractivity contribution < 1.29 is 43.8 Å². The van der Waals surface area contributed by atoms with Crippen molar-refractivity contribution in [1.82, 2.24) is 26.6 Å². The van der Waals surface area contributed by atoms with E-state index in [1.807, 2.05) is 0 Å². The first-order valence-electron chi connectivity index (χ1n) is 15.2. The van der Waals surface area contributed by atoms with E-state index in [9.17, 15) is 38.7 Å². The Balaban J connectivity index is 5.87. The van der Waals surface area contributed by atoms with E-state index in [-0.39, 0.29) is 30.4 Å². The smallest absolute Gasteiger partial charge is 0.326 e. The maximum Gasteiger partial charge on any atom is 0.326 e. The highest BCUT2D eigenvalue weighted by Crippen LogP contribution is 2.12. The van der Waals surface area contributed by atoms with Crippen molar-refractivity contribution in [2.75, 3.05) is 17.8 Å². The summed E-state index contributed by atoms with van der Waals surface area (Å²) in [7, 11) is 0. The molecule has 0 fully saturated rings. The number of hydrogen-bond donors (Lipinski definition) is 9. The summed E-state index contributed by atoms with van der Waals surface area (Å²) in [5, 5.41) is 31.1. The van der Waals surface area contributed by atoms with E-state index in [0.29, 0.717) is 12.2 Å². The fraction of sp³-hybridized carbons (Fsp3) is 0.759. The lowest BCUT2D eigenvalue weighted by Crippen LogP contribution is -2.61. The molecule has 5 amide bonds. The van der Waals surface area contributed by atoms with Gasteiger partial charge >= 0.3 is 11.9 Å². The topological polar surface area (TPSA) is 246 Å². The van der Waals surface area contributed by atoms with Crippen LogP contribution < -0.4 is 32.3 Å². The quantitative estimate of drug-likeness (QED) is 0.0669. The zero-order valence-electron chi connectivity index (χ0n) is 27.6. The number of carbonyl (C=O) groups is 7. The number of aliphatic carboxylic acids is 2. The van der Waals surface area contributed by atoms with Crippen molar-refractivity contribution in [2.24, 2.45) is 23.5 Å². The predicted molar refractivity (Wildman–Crippen MR) is 178 cm³/mol. The van der Waals surface area contributed by atoms with Gasteiger partial charge in [0.25, 0.3) is 0 Å². The van der Waals surface area contributed by atoms with Crippen molar-refractivity contribution in [3.8, 4) is 0 Å². The average Bonchev–Trinajstić information content (AvgIpc) is 2.99. The van der Waals surface area contributed by atoms with Gasteiger partial charge in [0.2, 0.25) is 29.5 Å². The maximum absolute atomic E-state index is 13.5. The van der Waals surface area contributed by atoms with Gasteiger partial charge in [-0.15, -0.1) is 0 Å². The molecule has 0 heterocycles. The molecule has 0 saturated carbocycles. The van der Waals surface area contributed by atoms with Crippen LogP contribution in [0.1, 0.15) is 67.2 Å². The van der Waals surface area contributed by atoms with Crippen LogP contribution in [0.3, 0.4) is 0 Å². The molecule has 0 aliphatic heterocycles. The van der Waals surface area contributed by atoms with Crippen molar-refractivity contribution in [3.05, 3.63) is 0 Å². The number of hydrogen-bond acceptors (Lipinski definition) is 10. The van der Waals surface area contributed by atoms with Crippen LogP contribution in [-0.4, -0.2) is 106 Å². The lowest BCUT2D eigenvalue weighted by Gasteiger charge is -2.29. The van der Waals surface area contributed by atoms with E-state index in [2.05, 4.69) is 39.2 Å². The molecule has 17 heteroatoms. The number of carboxylic acid groups (broad SMARTS) is 2. The number of carboxylic acids is 2. The summed E-state index contributed by atoms with van der Waals surface area (Å²) in [4.78, 5) is 88.1. The van der Waals surface area contributed by atoms with Gasteiger partial charge in [-0.25, -0.2) is 4.79 Å². The molecular formula is C29H52N6O9S2. The van der Waals surface area contributed by atoms with E-state index >= 15 is 0 Å². The maximum atomic E-state index is 13.5. The van der Waals surface area contributed by atoms with Crippen LogP contribution in [0, 0.1) is 17.8 Å². The number of thiol groups is 1. The third kappa shape index (κ3) is 15.0. The predicted octanol–water partition coefficient (Wildman–Crippen LogP) is -0.272. The van der Waals surface area contributed by atoms with Gasteiger partial charge < -0.3 is 42.5 Å². The van der Waals surface area contributed by atoms with Gasteiger partial charge in [0.1, 0.15) is 30.2 Å². The number of amides is 5. The molecule has 0 saturated heterocycles. The molecular weight excluding hydrogens is 640 g/mol. The molecule has 0 aromatic rings. The molecule has 0 aliphatic rings. The van der Waals surface area contributed by atoms with Gasteiger partial charge in [-0.2, -0.15) is 24.4 Å². The first kappa shape index (κ1) is 43.0. The first-order valence-corrected chi connectivity index (χ1v) is 17.3. The standard InChI is InChI=1S/C29H52N6O9S2/c1-8-16(6)23(28(42)32-18(29(43)44)9-10-20(36)37)35-24(38)17(11-12-46-7)31-25(39)19(13-45)33-27(41)22(15(4)5)34-26(40)21(30)14(2)3/h14-19,21-23,45H,8-13,30H2,1-7H3,(H,31,39)(H,32,42)(H,33,41)(H,34,40)(H,35,38)(H,36,37)(H,43,44)/t16-,17-,18-,19-,21-,22-,23-/m0/s1. The van der Waals surface area contributed by atoms with Crippen molar-refractivity contribution in [1.29, 1.82) is 0 Å². The molecule has 0 aromatic carbocycles. The fourth-order valence-electron chi connectivity index (χ4n) is 4.06. The number of carbonyl (C=O) groups excluding carboxylic acids is 5. The summed E-state index contributed by atoms with van der Waals surface area (Å²) in [6.07, 6.45) is 1.55. The summed E-state index contributed by atoms with van der Waals surface area (Å²) in [6, 6.07) is -6.83. The van der Waals surface area contributed by atoms with Gasteiger partial charge in [0, 0.05) is 12.2 Å². The second kappa shape index (κ2) is 21.7. The Morgan fingerprint density at radius 3 is 1.65 bits per heavy atom. The van der Waals surface area contributed by atoms with Gasteiger partial charge in [-0.1, -0.05) is 48.0 Å². The number of thioether (sulfide) groups is 1. The molecule has 15 nitrogen and oxygen atoms in total. The summed E-state index contributed by atoms with van der Waals surface area (Å²) in [5.74, 6) is -6.69. The van der Waals surface area contributed by atoms with E-state index in [4.69, 9.17) is 10.8 Å². The molecule has 0 aliphatic carbocycles. The van der Waals surface area contributed by atoms with Crippen LogP contribution in [0.4, 0.5) is 0 Å². The Kier molecular flexibility index (Phi) is 20.3. The summed E-state index contributed by atoms with van der Waals surface area (Å²) in [6.45, 7) is 10.4. The molecule has 9 N–H and O–H groups in total. The Hall–Kier alpha value is -3.05. The molecule has 264 valence electrons. The normalized spacial score (nSPS) is 15.8. The molecule has 0 radical (unpaired) electrons. The highest BCUT2D eigenvalue weighted by molar-refractivity contribution is 7.98. The summed E-state index contributed by atoms with van der Waals surface area (Å²) < 4.78 is 0. The van der Waals surface area contributed by atoms with E-state index in [1.165, 1.54) is 11.8 Å². The molecule has 0 bridgehead atoms. The largest absolute Gasteiger partial charge is 0.481 e. The second-order valence-electron chi connectivity index (χ2n) is 11.8. The van der Waals surface area contributed by atoms with Crippen molar-refractivity contribution in [3.63, 3.8) is 0 Å². The molecule has 7 atom stereocenters. The monoisotopic (exact) mass is 692 g/mol. The summed E-state index contributed by atoms with van der Waals surface area (Å²) in [5.41, 5.74) is 5.92. The SMILES string of the molecule is CC[C@H](C)[C@H](NC(=O)[C@H](CCSC)NC(=O)[C@H](CS)NC(=O)[C@@H](NC(=O)[C@@H](N)C(C)C)C(C)C)C(=O)N[C@@H](CCC(=O)O)C(=O)O. The molecule has 0 aromatic heterocycles. The minimum absolute atomic E-state index is 0.135. The number of nitrogens with one attached hydrogen (secondary N) is 5. The zero-order chi connectivity index (χ0) is 35.7. The highest BCUT2D eigenvalue weighted by atomic mass is 32.2. The Bertz CT molecular complexity index is 1060. The van der Waals surface area contributed by atoms with Crippen molar-refractivity contribution in [2.45, 2.75) is 103 Å². The molecule has 0 rings (SSSR count). The van der Waals surface area contributed by atoms with Gasteiger partial charge in [0.15, 0.2) is 0 Å². The van der Waals surface area contributed by atoms with E-state index in [1.54, 1.807) is 47.8 Å². The minimum Gasteiger partial charge on any atom is -0.481 e. The molecule has 46 heavy (non-hydrogen) atoms. The average molecular weight is 693 g/mol. The zero-order valence-corrected chi connectivity index (χ0v) is 29.3. The first-order chi connectivity index (χ1) is 21.4. The van der Waals surface area contributed by atoms with Crippen LogP contribution in [0.2, 0.25) is 0 Å². The van der Waals surface area contributed by atoms with Gasteiger partial charge in [0.05, 0.1) is 6.04 Å². The Labute approximate surface area is 280 Å². The number of nitrogens with two attached hydrogens (primary N) is 1. The minimum atomic E-state index is -1.49. The third-order valence-electron chi connectivity index (χ3n) is 7.38. The Morgan fingerprint density at radius 1 is 0.696 bits per heavy atom. The third-order valence-corrected chi connectivity index (χ3v) is 8.39.